The third-order valence-electron chi connectivity index (χ3n) is 5.82. The van der Waals surface area contributed by atoms with Crippen LogP contribution in [0.15, 0.2) is 77.9 Å². The first kappa shape index (κ1) is 19.9. The Hall–Kier alpha value is -4.00. The smallest absolute Gasteiger partial charge is 0.301 e. The molecule has 0 radical (unpaired) electrons. The van der Waals surface area contributed by atoms with Gasteiger partial charge >= 0.3 is 5.91 Å². The van der Waals surface area contributed by atoms with Crippen LogP contribution in [-0.4, -0.2) is 36.2 Å². The Morgan fingerprint density at radius 3 is 2.59 bits per heavy atom. The standard InChI is InChI=1S/C25H20FN3O3/c1-32-19-6-4-5-17(13-19)21-14-23(16-9-11-18(26)12-10-16)29(27-21)15-28-22-8-3-2-7-20(22)24(30)25(28)31/h2-13,23H,14-15H2,1H3/t23-/m1/s1. The molecule has 0 bridgehead atoms. The van der Waals surface area contributed by atoms with Gasteiger partial charge in [-0.1, -0.05) is 36.4 Å². The maximum atomic E-state index is 13.5. The number of methoxy groups -OCH3 is 1. The zero-order chi connectivity index (χ0) is 22.2. The molecular weight excluding hydrogens is 409 g/mol. The van der Waals surface area contributed by atoms with Crippen LogP contribution in [0.4, 0.5) is 10.1 Å². The molecule has 2 heterocycles. The van der Waals surface area contributed by atoms with Crippen molar-refractivity contribution in [1.82, 2.24) is 5.01 Å². The van der Waals surface area contributed by atoms with E-state index in [1.54, 1.807) is 48.5 Å². The lowest BCUT2D eigenvalue weighted by atomic mass is 9.98. The Kier molecular flexibility index (Phi) is 4.93. The number of fused-ring (bicyclic) bond motifs is 1. The largest absolute Gasteiger partial charge is 0.497 e. The Labute approximate surface area is 184 Å². The van der Waals surface area contributed by atoms with Gasteiger partial charge in [0.15, 0.2) is 0 Å². The van der Waals surface area contributed by atoms with Crippen LogP contribution in [0, 0.1) is 5.82 Å². The molecule has 3 aromatic carbocycles. The second-order valence-corrected chi connectivity index (χ2v) is 7.71. The van der Waals surface area contributed by atoms with Gasteiger partial charge in [-0.3, -0.25) is 19.5 Å². The third kappa shape index (κ3) is 3.41. The van der Waals surface area contributed by atoms with Crippen LogP contribution in [0.5, 0.6) is 5.75 Å². The number of rotatable bonds is 5. The fraction of sp³-hybridized carbons (Fsp3) is 0.160. The van der Waals surface area contributed by atoms with Gasteiger partial charge in [-0.25, -0.2) is 4.39 Å². The van der Waals surface area contributed by atoms with E-state index < -0.39 is 11.7 Å². The Morgan fingerprint density at radius 1 is 1.03 bits per heavy atom. The minimum absolute atomic E-state index is 0.108. The molecule has 160 valence electrons. The minimum Gasteiger partial charge on any atom is -0.497 e. The quantitative estimate of drug-likeness (QED) is 0.571. The topological polar surface area (TPSA) is 62.2 Å². The number of ketones is 1. The predicted octanol–water partition coefficient (Wildman–Crippen LogP) is 4.17. The SMILES string of the molecule is COc1cccc(C2=NN(CN3C(=O)C(=O)c4ccccc43)[C@@H](c3ccc(F)cc3)C2)c1. The van der Waals surface area contributed by atoms with Crippen LogP contribution in [-0.2, 0) is 4.79 Å². The maximum Gasteiger partial charge on any atom is 0.301 e. The van der Waals surface area contributed by atoms with Crippen molar-refractivity contribution in [1.29, 1.82) is 0 Å². The summed E-state index contributed by atoms with van der Waals surface area (Å²) in [5.41, 5.74) is 3.57. The van der Waals surface area contributed by atoms with Crippen LogP contribution < -0.4 is 9.64 Å². The maximum absolute atomic E-state index is 13.5. The van der Waals surface area contributed by atoms with Gasteiger partial charge in [0.1, 0.15) is 18.2 Å². The molecule has 2 aliphatic heterocycles. The summed E-state index contributed by atoms with van der Waals surface area (Å²) in [6.45, 7) is 0.108. The highest BCUT2D eigenvalue weighted by atomic mass is 19.1. The molecule has 0 spiro atoms. The number of halogens is 1. The number of nitrogens with zero attached hydrogens (tertiary/aromatic N) is 3. The summed E-state index contributed by atoms with van der Waals surface area (Å²) in [6, 6.07) is 20.6. The monoisotopic (exact) mass is 429 g/mol. The number of carbonyl (C=O) groups is 2. The lowest BCUT2D eigenvalue weighted by molar-refractivity contribution is -0.114. The van der Waals surface area contributed by atoms with Crippen molar-refractivity contribution < 1.29 is 18.7 Å². The van der Waals surface area contributed by atoms with E-state index in [2.05, 4.69) is 0 Å². The molecule has 7 heteroatoms. The van der Waals surface area contributed by atoms with E-state index >= 15 is 0 Å². The summed E-state index contributed by atoms with van der Waals surface area (Å²) in [5, 5.41) is 6.59. The molecule has 0 N–H and O–H groups in total. The number of hydrazone groups is 1. The van der Waals surface area contributed by atoms with Crippen LogP contribution in [0.3, 0.4) is 0 Å². The average molecular weight is 429 g/mol. The summed E-state index contributed by atoms with van der Waals surface area (Å²) in [4.78, 5) is 26.6. The molecule has 3 aromatic rings. The molecule has 1 atom stereocenters. The van der Waals surface area contributed by atoms with E-state index in [0.717, 1.165) is 22.6 Å². The first-order valence-corrected chi connectivity index (χ1v) is 10.2. The second-order valence-electron chi connectivity index (χ2n) is 7.71. The first-order valence-electron chi connectivity index (χ1n) is 10.2. The average Bonchev–Trinajstić information content (AvgIpc) is 3.35. The summed E-state index contributed by atoms with van der Waals surface area (Å²) in [5.74, 6) is -0.693. The molecule has 0 unspecified atom stereocenters. The van der Waals surface area contributed by atoms with E-state index in [1.165, 1.54) is 17.0 Å². The number of para-hydroxylation sites is 1. The number of hydrogen-bond acceptors (Lipinski definition) is 5. The molecule has 32 heavy (non-hydrogen) atoms. The number of ether oxygens (including phenoxy) is 1. The third-order valence-corrected chi connectivity index (χ3v) is 5.82. The molecule has 0 aromatic heterocycles. The van der Waals surface area contributed by atoms with Gasteiger partial charge in [0, 0.05) is 12.0 Å². The molecule has 0 fully saturated rings. The summed E-state index contributed by atoms with van der Waals surface area (Å²) in [7, 11) is 1.61. The number of anilines is 1. The van der Waals surface area contributed by atoms with Crippen molar-refractivity contribution in [3.05, 3.63) is 95.3 Å². The Morgan fingerprint density at radius 2 is 1.81 bits per heavy atom. The first-order chi connectivity index (χ1) is 15.5. The number of carbonyl (C=O) groups excluding carboxylic acids is 2. The number of Topliss-reactive ketones (excluding diaryl/α,β-unsaturated/α-hetero) is 1. The Bertz CT molecular complexity index is 1240. The van der Waals surface area contributed by atoms with E-state index in [9.17, 15) is 14.0 Å². The van der Waals surface area contributed by atoms with Gasteiger partial charge < -0.3 is 4.74 Å². The molecule has 2 aliphatic rings. The summed E-state index contributed by atoms with van der Waals surface area (Å²) >= 11 is 0. The van der Waals surface area contributed by atoms with Gasteiger partial charge in [0.05, 0.1) is 30.1 Å². The normalized spacial score (nSPS) is 17.6. The van der Waals surface area contributed by atoms with Crippen molar-refractivity contribution in [2.24, 2.45) is 5.10 Å². The van der Waals surface area contributed by atoms with Crippen molar-refractivity contribution in [3.8, 4) is 5.75 Å². The highest BCUT2D eigenvalue weighted by molar-refractivity contribution is 6.52. The van der Waals surface area contributed by atoms with E-state index in [1.807, 2.05) is 24.3 Å². The van der Waals surface area contributed by atoms with Gasteiger partial charge in [-0.15, -0.1) is 0 Å². The lowest BCUT2D eigenvalue weighted by Gasteiger charge is -2.28. The van der Waals surface area contributed by atoms with E-state index in [4.69, 9.17) is 9.84 Å². The zero-order valence-electron chi connectivity index (χ0n) is 17.4. The number of benzene rings is 3. The van der Waals surface area contributed by atoms with Crippen molar-refractivity contribution >= 4 is 23.1 Å². The molecule has 0 saturated carbocycles. The fourth-order valence-corrected chi connectivity index (χ4v) is 4.17. The second kappa shape index (κ2) is 7.92. The Balaban J connectivity index is 1.51. The molecule has 0 aliphatic carbocycles. The lowest BCUT2D eigenvalue weighted by Crippen LogP contribution is -2.39. The number of amides is 1. The molecular formula is C25H20FN3O3. The zero-order valence-corrected chi connectivity index (χ0v) is 17.4. The predicted molar refractivity (Wildman–Crippen MR) is 118 cm³/mol. The highest BCUT2D eigenvalue weighted by Gasteiger charge is 2.39. The van der Waals surface area contributed by atoms with Gasteiger partial charge in [0.2, 0.25) is 0 Å². The molecule has 5 rings (SSSR count). The van der Waals surface area contributed by atoms with Crippen molar-refractivity contribution in [2.45, 2.75) is 12.5 Å². The van der Waals surface area contributed by atoms with Gasteiger partial charge in [-0.05, 0) is 42.0 Å². The van der Waals surface area contributed by atoms with Crippen LogP contribution in [0.25, 0.3) is 0 Å². The summed E-state index contributed by atoms with van der Waals surface area (Å²) in [6.07, 6.45) is 0.566. The van der Waals surface area contributed by atoms with E-state index in [0.29, 0.717) is 17.7 Å². The molecule has 0 saturated heterocycles. The van der Waals surface area contributed by atoms with Crippen LogP contribution in [0.2, 0.25) is 0 Å². The van der Waals surface area contributed by atoms with Gasteiger partial charge in [0.25, 0.3) is 5.78 Å². The minimum atomic E-state index is -0.575. The van der Waals surface area contributed by atoms with Crippen molar-refractivity contribution in [3.63, 3.8) is 0 Å². The van der Waals surface area contributed by atoms with Crippen LogP contribution >= 0.6 is 0 Å². The fourth-order valence-electron chi connectivity index (χ4n) is 4.17. The van der Waals surface area contributed by atoms with Gasteiger partial charge in [-0.2, -0.15) is 5.10 Å². The highest BCUT2D eigenvalue weighted by Crippen LogP contribution is 2.36. The van der Waals surface area contributed by atoms with Crippen LogP contribution in [0.1, 0.15) is 33.9 Å². The molecule has 6 nitrogen and oxygen atoms in total. The summed E-state index contributed by atoms with van der Waals surface area (Å²) < 4.78 is 18.9. The molecule has 1 amide bonds. The number of hydrogen-bond donors (Lipinski definition) is 0. The van der Waals surface area contributed by atoms with Crippen molar-refractivity contribution in [2.75, 3.05) is 18.7 Å². The van der Waals surface area contributed by atoms with E-state index in [-0.39, 0.29) is 18.5 Å².